The van der Waals surface area contributed by atoms with Gasteiger partial charge in [0.25, 0.3) is 0 Å². The van der Waals surface area contributed by atoms with Gasteiger partial charge in [0.1, 0.15) is 0 Å². The number of benzene rings is 1. The average molecular weight is 259 g/mol. The van der Waals surface area contributed by atoms with Crippen molar-refractivity contribution in [1.82, 2.24) is 5.32 Å². The lowest BCUT2D eigenvalue weighted by Crippen LogP contribution is -2.54. The summed E-state index contributed by atoms with van der Waals surface area (Å²) in [6.07, 6.45) is 11.1. The van der Waals surface area contributed by atoms with E-state index >= 15 is 0 Å². The van der Waals surface area contributed by atoms with Crippen molar-refractivity contribution in [3.8, 4) is 0 Å². The third-order valence-corrected chi connectivity index (χ3v) is 4.48. The summed E-state index contributed by atoms with van der Waals surface area (Å²) in [5.74, 6) is 0. The Labute approximate surface area is 118 Å². The van der Waals surface area contributed by atoms with Gasteiger partial charge in [-0.3, -0.25) is 0 Å². The predicted octanol–water partition coefficient (Wildman–Crippen LogP) is 4.57. The minimum absolute atomic E-state index is 0.562. The van der Waals surface area contributed by atoms with Crippen LogP contribution in [0.3, 0.4) is 0 Å². The van der Waals surface area contributed by atoms with Gasteiger partial charge < -0.3 is 5.32 Å². The molecule has 2 rings (SSSR count). The first-order valence-electron chi connectivity index (χ1n) is 8.09. The molecule has 1 aromatic rings. The second-order valence-corrected chi connectivity index (χ2v) is 6.28. The van der Waals surface area contributed by atoms with Gasteiger partial charge in [0, 0.05) is 13.1 Å². The summed E-state index contributed by atoms with van der Waals surface area (Å²) in [5, 5.41) is 3.48. The largest absolute Gasteiger partial charge is 0.316 e. The fraction of sp³-hybridized carbons (Fsp3) is 0.667. The maximum atomic E-state index is 3.48. The van der Waals surface area contributed by atoms with E-state index in [-0.39, 0.29) is 0 Å². The van der Waals surface area contributed by atoms with Gasteiger partial charge in [-0.25, -0.2) is 0 Å². The first kappa shape index (κ1) is 14.6. The van der Waals surface area contributed by atoms with Crippen LogP contribution in [0.5, 0.6) is 0 Å². The highest BCUT2D eigenvalue weighted by Crippen LogP contribution is 2.33. The van der Waals surface area contributed by atoms with E-state index in [1.165, 1.54) is 70.0 Å². The quantitative estimate of drug-likeness (QED) is 0.641. The van der Waals surface area contributed by atoms with Crippen molar-refractivity contribution in [3.05, 3.63) is 35.9 Å². The Balaban J connectivity index is 1.70. The first-order chi connectivity index (χ1) is 9.35. The summed E-state index contributed by atoms with van der Waals surface area (Å²) in [6, 6.07) is 11.0. The van der Waals surface area contributed by atoms with E-state index in [9.17, 15) is 0 Å². The van der Waals surface area contributed by atoms with E-state index in [0.717, 1.165) is 0 Å². The van der Waals surface area contributed by atoms with Crippen molar-refractivity contribution in [3.63, 3.8) is 0 Å². The van der Waals surface area contributed by atoms with Crippen molar-refractivity contribution in [2.24, 2.45) is 5.41 Å². The minimum atomic E-state index is 0.562. The van der Waals surface area contributed by atoms with Gasteiger partial charge in [0.05, 0.1) is 0 Å². The molecule has 0 radical (unpaired) electrons. The SMILES string of the molecule is CCCCCCCCC1(Cc2ccccc2)CNC1. The molecule has 0 saturated carbocycles. The summed E-state index contributed by atoms with van der Waals surface area (Å²) in [4.78, 5) is 0. The van der Waals surface area contributed by atoms with E-state index in [1.54, 1.807) is 0 Å². The topological polar surface area (TPSA) is 12.0 Å². The van der Waals surface area contributed by atoms with Crippen LogP contribution in [0.25, 0.3) is 0 Å². The Hall–Kier alpha value is -0.820. The summed E-state index contributed by atoms with van der Waals surface area (Å²) in [5.41, 5.74) is 2.07. The van der Waals surface area contributed by atoms with Crippen LogP contribution < -0.4 is 5.32 Å². The van der Waals surface area contributed by atoms with Crippen molar-refractivity contribution < 1.29 is 0 Å². The molecule has 0 bridgehead atoms. The summed E-state index contributed by atoms with van der Waals surface area (Å²) < 4.78 is 0. The lowest BCUT2D eigenvalue weighted by Gasteiger charge is -2.43. The van der Waals surface area contributed by atoms with Crippen LogP contribution in [-0.4, -0.2) is 13.1 Å². The van der Waals surface area contributed by atoms with Gasteiger partial charge >= 0.3 is 0 Å². The number of hydrogen-bond acceptors (Lipinski definition) is 1. The van der Waals surface area contributed by atoms with Crippen molar-refractivity contribution in [2.45, 2.75) is 58.3 Å². The molecule has 1 heterocycles. The monoisotopic (exact) mass is 259 g/mol. The van der Waals surface area contributed by atoms with E-state index in [4.69, 9.17) is 0 Å². The smallest absolute Gasteiger partial charge is 0.00234 e. The van der Waals surface area contributed by atoms with Crippen LogP contribution in [0, 0.1) is 5.41 Å². The minimum Gasteiger partial charge on any atom is -0.316 e. The summed E-state index contributed by atoms with van der Waals surface area (Å²) >= 11 is 0. The Morgan fingerprint density at radius 3 is 2.26 bits per heavy atom. The highest BCUT2D eigenvalue weighted by Gasteiger charge is 2.35. The first-order valence-corrected chi connectivity index (χ1v) is 8.09. The van der Waals surface area contributed by atoms with Crippen LogP contribution in [-0.2, 0) is 6.42 Å². The Morgan fingerprint density at radius 1 is 0.947 bits per heavy atom. The van der Waals surface area contributed by atoms with E-state index < -0.39 is 0 Å². The third-order valence-electron chi connectivity index (χ3n) is 4.48. The molecule has 0 atom stereocenters. The molecule has 0 amide bonds. The van der Waals surface area contributed by atoms with E-state index in [2.05, 4.69) is 42.6 Å². The van der Waals surface area contributed by atoms with Crippen molar-refractivity contribution in [2.75, 3.05) is 13.1 Å². The van der Waals surface area contributed by atoms with Gasteiger partial charge in [0.15, 0.2) is 0 Å². The molecule has 1 aliphatic rings. The standard InChI is InChI=1S/C18H29N/c1-2-3-4-5-6-10-13-18(15-19-16-18)14-17-11-8-7-9-12-17/h7-9,11-12,19H,2-6,10,13-16H2,1H3. The van der Waals surface area contributed by atoms with Gasteiger partial charge in [-0.05, 0) is 23.8 Å². The zero-order valence-corrected chi connectivity index (χ0v) is 12.5. The molecule has 1 N–H and O–H groups in total. The Morgan fingerprint density at radius 2 is 1.63 bits per heavy atom. The number of nitrogens with one attached hydrogen (secondary N) is 1. The molecule has 1 fully saturated rings. The van der Waals surface area contributed by atoms with Crippen molar-refractivity contribution in [1.29, 1.82) is 0 Å². The Kier molecular flexibility index (Phi) is 5.91. The fourth-order valence-electron chi connectivity index (χ4n) is 3.18. The van der Waals surface area contributed by atoms with Crippen LogP contribution in [0.15, 0.2) is 30.3 Å². The molecule has 1 heteroatoms. The second-order valence-electron chi connectivity index (χ2n) is 6.28. The highest BCUT2D eigenvalue weighted by atomic mass is 15.0. The number of hydrogen-bond donors (Lipinski definition) is 1. The van der Waals surface area contributed by atoms with Gasteiger partial charge in [-0.15, -0.1) is 0 Å². The highest BCUT2D eigenvalue weighted by molar-refractivity contribution is 5.18. The lowest BCUT2D eigenvalue weighted by molar-refractivity contribution is 0.147. The molecule has 1 aliphatic heterocycles. The average Bonchev–Trinajstić information content (AvgIpc) is 2.41. The second kappa shape index (κ2) is 7.69. The zero-order chi connectivity index (χ0) is 13.4. The number of rotatable bonds is 9. The molecule has 0 aliphatic carbocycles. The van der Waals surface area contributed by atoms with Gasteiger partial charge in [-0.1, -0.05) is 75.8 Å². The molecule has 0 unspecified atom stereocenters. The maximum absolute atomic E-state index is 3.48. The molecule has 0 spiro atoms. The molecule has 0 aromatic heterocycles. The van der Waals surface area contributed by atoms with Gasteiger partial charge in [0.2, 0.25) is 0 Å². The Bertz CT molecular complexity index is 340. The fourth-order valence-corrected chi connectivity index (χ4v) is 3.18. The van der Waals surface area contributed by atoms with Crippen LogP contribution in [0.1, 0.15) is 57.4 Å². The van der Waals surface area contributed by atoms with Crippen LogP contribution in [0.4, 0.5) is 0 Å². The molecular weight excluding hydrogens is 230 g/mol. The molecule has 106 valence electrons. The molecule has 1 saturated heterocycles. The van der Waals surface area contributed by atoms with Gasteiger partial charge in [-0.2, -0.15) is 0 Å². The third kappa shape index (κ3) is 4.65. The summed E-state index contributed by atoms with van der Waals surface area (Å²) in [6.45, 7) is 4.72. The normalized spacial score (nSPS) is 17.1. The molecular formula is C18H29N. The lowest BCUT2D eigenvalue weighted by atomic mass is 9.72. The number of unbranched alkanes of at least 4 members (excludes halogenated alkanes) is 5. The molecule has 1 nitrogen and oxygen atoms in total. The van der Waals surface area contributed by atoms with Crippen LogP contribution >= 0.6 is 0 Å². The van der Waals surface area contributed by atoms with Crippen molar-refractivity contribution >= 4 is 0 Å². The molecule has 1 aromatic carbocycles. The molecule has 19 heavy (non-hydrogen) atoms. The summed E-state index contributed by atoms with van der Waals surface area (Å²) in [7, 11) is 0. The maximum Gasteiger partial charge on any atom is 0.00234 e. The van der Waals surface area contributed by atoms with Crippen LogP contribution in [0.2, 0.25) is 0 Å². The van der Waals surface area contributed by atoms with E-state index in [1.807, 2.05) is 0 Å². The predicted molar refractivity (Wildman–Crippen MR) is 83.4 cm³/mol. The van der Waals surface area contributed by atoms with E-state index in [0.29, 0.717) is 5.41 Å². The zero-order valence-electron chi connectivity index (χ0n) is 12.5.